The number of rotatable bonds is 5. The number of alkyl halides is 3. The quantitative estimate of drug-likeness (QED) is 0.829. The highest BCUT2D eigenvalue weighted by Gasteiger charge is 2.38. The van der Waals surface area contributed by atoms with E-state index in [2.05, 4.69) is 15.6 Å². The number of hydrogen-bond donors (Lipinski definition) is 2. The Morgan fingerprint density at radius 3 is 2.59 bits per heavy atom. The molecule has 1 aromatic heterocycles. The van der Waals surface area contributed by atoms with Crippen molar-refractivity contribution in [3.63, 3.8) is 0 Å². The minimum absolute atomic E-state index is 0.0934. The summed E-state index contributed by atoms with van der Waals surface area (Å²) in [5, 5.41) is 19.2. The predicted octanol–water partition coefficient (Wildman–Crippen LogP) is 2.80. The molecule has 10 heteroatoms. The van der Waals surface area contributed by atoms with E-state index in [4.69, 9.17) is 5.11 Å². The van der Waals surface area contributed by atoms with Gasteiger partial charge < -0.3 is 10.4 Å². The summed E-state index contributed by atoms with van der Waals surface area (Å²) in [4.78, 5) is 23.6. The molecule has 2 aromatic rings. The minimum atomic E-state index is -4.50. The monoisotopic (exact) mass is 382 g/mol. The Morgan fingerprint density at radius 2 is 1.96 bits per heavy atom. The molecule has 0 saturated heterocycles. The number of carbonyl (C=O) groups is 2. The zero-order chi connectivity index (χ0) is 19.7. The van der Waals surface area contributed by atoms with Gasteiger partial charge in [-0.2, -0.15) is 13.2 Å². The van der Waals surface area contributed by atoms with Gasteiger partial charge in [-0.1, -0.05) is 24.1 Å². The van der Waals surface area contributed by atoms with E-state index in [1.165, 1.54) is 18.3 Å². The maximum absolute atomic E-state index is 12.8. The molecule has 1 amide bonds. The Hall–Kier alpha value is -2.91. The van der Waals surface area contributed by atoms with E-state index >= 15 is 0 Å². The third-order valence-corrected chi connectivity index (χ3v) is 4.59. The number of carboxylic acid groups (broad SMARTS) is 1. The van der Waals surface area contributed by atoms with Gasteiger partial charge in [-0.05, 0) is 31.0 Å². The van der Waals surface area contributed by atoms with Crippen LogP contribution in [0.3, 0.4) is 0 Å². The van der Waals surface area contributed by atoms with Crippen molar-refractivity contribution in [3.8, 4) is 5.69 Å². The number of nitrogens with one attached hydrogen (secondary N) is 1. The molecule has 1 fully saturated rings. The van der Waals surface area contributed by atoms with Gasteiger partial charge in [0.25, 0.3) is 5.91 Å². The van der Waals surface area contributed by atoms with Gasteiger partial charge in [0.1, 0.15) is 0 Å². The van der Waals surface area contributed by atoms with Crippen LogP contribution in [0.2, 0.25) is 0 Å². The van der Waals surface area contributed by atoms with E-state index < -0.39 is 29.2 Å². The Balaban J connectivity index is 1.79. The fourth-order valence-corrected chi connectivity index (χ4v) is 3.31. The number of nitrogens with zero attached hydrogens (tertiary/aromatic N) is 3. The first-order chi connectivity index (χ1) is 12.7. The van der Waals surface area contributed by atoms with Crippen molar-refractivity contribution in [1.29, 1.82) is 0 Å². The summed E-state index contributed by atoms with van der Waals surface area (Å²) in [6.07, 6.45) is -0.758. The first kappa shape index (κ1) is 18.9. The second kappa shape index (κ2) is 7.01. The number of carbonyl (C=O) groups excluding carboxylic acids is 1. The summed E-state index contributed by atoms with van der Waals surface area (Å²) >= 11 is 0. The summed E-state index contributed by atoms with van der Waals surface area (Å²) in [5.41, 5.74) is -1.66. The minimum Gasteiger partial charge on any atom is -0.481 e. The molecule has 3 rings (SSSR count). The maximum Gasteiger partial charge on any atom is 0.416 e. The Labute approximate surface area is 152 Å². The molecule has 0 spiro atoms. The van der Waals surface area contributed by atoms with Crippen LogP contribution in [-0.4, -0.2) is 37.5 Å². The number of hydrogen-bond acceptors (Lipinski definition) is 4. The molecule has 0 bridgehead atoms. The van der Waals surface area contributed by atoms with Crippen molar-refractivity contribution < 1.29 is 27.9 Å². The maximum atomic E-state index is 12.8. The fraction of sp³-hybridized carbons (Fsp3) is 0.412. The third kappa shape index (κ3) is 4.26. The van der Waals surface area contributed by atoms with Gasteiger partial charge in [0, 0.05) is 0 Å². The highest BCUT2D eigenvalue weighted by molar-refractivity contribution is 5.92. The molecule has 7 nitrogen and oxygen atoms in total. The second-order valence-corrected chi connectivity index (χ2v) is 6.61. The zero-order valence-electron chi connectivity index (χ0n) is 14.2. The van der Waals surface area contributed by atoms with E-state index in [1.54, 1.807) is 0 Å². The lowest BCUT2D eigenvalue weighted by Gasteiger charge is -2.28. The molecule has 1 heterocycles. The Kier molecular flexibility index (Phi) is 4.90. The first-order valence-electron chi connectivity index (χ1n) is 8.33. The van der Waals surface area contributed by atoms with Crippen LogP contribution < -0.4 is 5.32 Å². The van der Waals surface area contributed by atoms with Crippen molar-refractivity contribution in [2.24, 2.45) is 0 Å². The van der Waals surface area contributed by atoms with E-state index in [0.717, 1.165) is 29.7 Å². The molecule has 0 aliphatic heterocycles. The lowest BCUT2D eigenvalue weighted by Crippen LogP contribution is -2.47. The topological polar surface area (TPSA) is 97.1 Å². The summed E-state index contributed by atoms with van der Waals surface area (Å²) in [5.74, 6) is -1.61. The number of aromatic nitrogens is 3. The predicted molar refractivity (Wildman–Crippen MR) is 87.3 cm³/mol. The third-order valence-electron chi connectivity index (χ3n) is 4.59. The average molecular weight is 382 g/mol. The molecule has 144 valence electrons. The number of halogens is 3. The van der Waals surface area contributed by atoms with Crippen LogP contribution in [0, 0.1) is 0 Å². The first-order valence-corrected chi connectivity index (χ1v) is 8.33. The Bertz CT molecular complexity index is 857. The summed E-state index contributed by atoms with van der Waals surface area (Å²) < 4.78 is 39.6. The van der Waals surface area contributed by atoms with Gasteiger partial charge in [-0.15, -0.1) is 5.10 Å². The normalized spacial score (nSPS) is 16.3. The number of carboxylic acids is 1. The van der Waals surface area contributed by atoms with Crippen LogP contribution in [0.5, 0.6) is 0 Å². The summed E-state index contributed by atoms with van der Waals surface area (Å²) in [6.45, 7) is 0. The van der Waals surface area contributed by atoms with E-state index in [0.29, 0.717) is 12.8 Å². The van der Waals surface area contributed by atoms with Gasteiger partial charge in [0.2, 0.25) is 0 Å². The van der Waals surface area contributed by atoms with Crippen molar-refractivity contribution in [3.05, 3.63) is 41.7 Å². The number of aliphatic carboxylic acids is 1. The summed E-state index contributed by atoms with van der Waals surface area (Å²) in [6, 6.07) is 4.48. The van der Waals surface area contributed by atoms with E-state index in [1.807, 2.05) is 0 Å². The van der Waals surface area contributed by atoms with Gasteiger partial charge >= 0.3 is 12.1 Å². The van der Waals surface area contributed by atoms with Gasteiger partial charge in [-0.25, -0.2) is 4.68 Å². The van der Waals surface area contributed by atoms with E-state index in [-0.39, 0.29) is 17.8 Å². The molecular formula is C17H17F3N4O3. The Morgan fingerprint density at radius 1 is 1.26 bits per heavy atom. The average Bonchev–Trinajstić information content (AvgIpc) is 3.23. The van der Waals surface area contributed by atoms with Gasteiger partial charge in [0.05, 0.1) is 29.4 Å². The van der Waals surface area contributed by atoms with Crippen molar-refractivity contribution >= 4 is 11.9 Å². The van der Waals surface area contributed by atoms with Crippen LogP contribution in [0.1, 0.15) is 48.2 Å². The SMILES string of the molecule is O=C(O)CC1(NC(=O)c2cn(-c3cccc(C(F)(F)F)c3)nn2)CCCC1. The molecule has 1 saturated carbocycles. The molecule has 1 aliphatic carbocycles. The van der Waals surface area contributed by atoms with Crippen molar-refractivity contribution in [2.75, 3.05) is 0 Å². The van der Waals surface area contributed by atoms with Gasteiger partial charge in [0.15, 0.2) is 5.69 Å². The molecule has 1 aromatic carbocycles. The fourth-order valence-electron chi connectivity index (χ4n) is 3.31. The lowest BCUT2D eigenvalue weighted by molar-refractivity contribution is -0.139. The lowest BCUT2D eigenvalue weighted by atomic mass is 9.93. The zero-order valence-corrected chi connectivity index (χ0v) is 14.2. The van der Waals surface area contributed by atoms with E-state index in [9.17, 15) is 22.8 Å². The molecule has 1 aliphatic rings. The molecular weight excluding hydrogens is 365 g/mol. The molecule has 2 N–H and O–H groups in total. The van der Waals surface area contributed by atoms with Crippen LogP contribution >= 0.6 is 0 Å². The molecule has 0 radical (unpaired) electrons. The molecule has 27 heavy (non-hydrogen) atoms. The van der Waals surface area contributed by atoms with Crippen LogP contribution in [0.15, 0.2) is 30.5 Å². The largest absolute Gasteiger partial charge is 0.481 e. The summed E-state index contributed by atoms with van der Waals surface area (Å²) in [7, 11) is 0. The van der Waals surface area contributed by atoms with Gasteiger partial charge in [-0.3, -0.25) is 9.59 Å². The number of benzene rings is 1. The smallest absolute Gasteiger partial charge is 0.416 e. The second-order valence-electron chi connectivity index (χ2n) is 6.61. The van der Waals surface area contributed by atoms with Crippen molar-refractivity contribution in [2.45, 2.75) is 43.8 Å². The number of amides is 1. The van der Waals surface area contributed by atoms with Crippen LogP contribution in [-0.2, 0) is 11.0 Å². The standard InChI is InChI=1S/C17H17F3N4O3/c18-17(19,20)11-4-3-5-12(8-11)24-10-13(22-23-24)15(27)21-16(9-14(25)26)6-1-2-7-16/h3-5,8,10H,1-2,6-7,9H2,(H,21,27)(H,25,26). The van der Waals surface area contributed by atoms with Crippen molar-refractivity contribution in [1.82, 2.24) is 20.3 Å². The van der Waals surface area contributed by atoms with Crippen LogP contribution in [0.25, 0.3) is 5.69 Å². The highest BCUT2D eigenvalue weighted by Crippen LogP contribution is 2.33. The molecule has 0 unspecified atom stereocenters. The van der Waals surface area contributed by atoms with Crippen LogP contribution in [0.4, 0.5) is 13.2 Å². The highest BCUT2D eigenvalue weighted by atomic mass is 19.4. The molecule has 0 atom stereocenters.